The van der Waals surface area contributed by atoms with Gasteiger partial charge in [-0.05, 0) is 138 Å². The molecular weight excluding hydrogens is 686 g/mol. The monoisotopic (exact) mass is 716 g/mol. The van der Waals surface area contributed by atoms with Crippen molar-refractivity contribution in [2.24, 2.45) is 22.7 Å². The number of halogens is 3. The Kier molecular flexibility index (Phi) is 9.26. The summed E-state index contributed by atoms with van der Waals surface area (Å²) in [7, 11) is 0. The van der Waals surface area contributed by atoms with E-state index in [1.807, 2.05) is 72.8 Å². The third-order valence-corrected chi connectivity index (χ3v) is 9.64. The zero-order valence-electron chi connectivity index (χ0n) is 23.6. The van der Waals surface area contributed by atoms with Gasteiger partial charge in [-0.1, -0.05) is 47.2 Å². The van der Waals surface area contributed by atoms with Crippen molar-refractivity contribution in [3.05, 3.63) is 122 Å². The zero-order chi connectivity index (χ0) is 29.7. The first-order valence-corrected chi connectivity index (χ1v) is 16.3. The van der Waals surface area contributed by atoms with Gasteiger partial charge in [-0.25, -0.2) is 9.97 Å². The molecule has 8 rings (SSSR count). The third-order valence-electron chi connectivity index (χ3n) is 8.41. The Morgan fingerprint density at radius 1 is 0.744 bits per heavy atom. The van der Waals surface area contributed by atoms with Crippen LogP contribution in [-0.2, 0) is 0 Å². The van der Waals surface area contributed by atoms with Gasteiger partial charge < -0.3 is 10.2 Å². The first-order chi connectivity index (χ1) is 20.9. The molecule has 4 unspecified atom stereocenters. The molecule has 1 N–H and O–H groups in total. The summed E-state index contributed by atoms with van der Waals surface area (Å²) in [5.41, 5.74) is 3.47. The van der Waals surface area contributed by atoms with Crippen molar-refractivity contribution in [2.45, 2.75) is 12.8 Å². The summed E-state index contributed by atoms with van der Waals surface area (Å²) in [6.07, 6.45) is 6.08. The summed E-state index contributed by atoms with van der Waals surface area (Å²) in [5.74, 6) is 14.8. The van der Waals surface area contributed by atoms with Crippen molar-refractivity contribution in [3.8, 4) is 23.7 Å². The molecule has 2 aromatic carbocycles. The summed E-state index contributed by atoms with van der Waals surface area (Å²) in [4.78, 5) is 10.9. The third kappa shape index (κ3) is 7.72. The van der Waals surface area contributed by atoms with Crippen LogP contribution < -0.4 is 10.2 Å². The lowest BCUT2D eigenvalue weighted by atomic mass is 10.1. The molecule has 4 aromatic rings. The van der Waals surface area contributed by atoms with Gasteiger partial charge in [-0.3, -0.25) is 0 Å². The summed E-state index contributed by atoms with van der Waals surface area (Å²) in [5, 5.41) is 4.96. The lowest BCUT2D eigenvalue weighted by Crippen LogP contribution is -2.23. The standard InChI is InChI=1S/C18H15ClN2.C12H12N2.C6H4ClI/c19-15-4-6-17(7-5-15)21-12-14-11-18(14,13-21)9-8-16-3-1-2-10-20-16;1-2-6-14-11(3-1)4-5-12-7-10(12)8-13-9-12;7-5-1-3-6(8)4-2-5/h1-7,10,14H,11-13H2;1-3,6,10,13H,7-9H2;1-4H. The zero-order valence-corrected chi connectivity index (χ0v) is 27.3. The molecular formula is C36H31Cl2IN4. The molecule has 4 atom stereocenters. The molecule has 0 amide bonds. The van der Waals surface area contributed by atoms with Crippen molar-refractivity contribution < 1.29 is 0 Å². The van der Waals surface area contributed by atoms with E-state index in [4.69, 9.17) is 23.2 Å². The van der Waals surface area contributed by atoms with E-state index in [1.54, 1.807) is 12.4 Å². The lowest BCUT2D eigenvalue weighted by Gasteiger charge is -2.21. The van der Waals surface area contributed by atoms with Gasteiger partial charge in [-0.15, -0.1) is 0 Å². The fourth-order valence-electron chi connectivity index (χ4n) is 5.74. The highest BCUT2D eigenvalue weighted by molar-refractivity contribution is 14.1. The van der Waals surface area contributed by atoms with E-state index in [0.29, 0.717) is 11.3 Å². The van der Waals surface area contributed by atoms with Crippen molar-refractivity contribution in [1.82, 2.24) is 15.3 Å². The second-order valence-corrected chi connectivity index (χ2v) is 13.6. The number of aromatic nitrogens is 2. The Hall–Kier alpha value is -3.07. The smallest absolute Gasteiger partial charge is 0.113 e. The van der Waals surface area contributed by atoms with Crippen molar-refractivity contribution in [3.63, 3.8) is 0 Å². The number of piperidine rings is 2. The second-order valence-electron chi connectivity index (χ2n) is 11.5. The van der Waals surface area contributed by atoms with E-state index in [9.17, 15) is 0 Å². The molecule has 0 spiro atoms. The Morgan fingerprint density at radius 3 is 1.84 bits per heavy atom. The van der Waals surface area contributed by atoms with Crippen molar-refractivity contribution >= 4 is 51.5 Å². The Bertz CT molecular complexity index is 1640. The van der Waals surface area contributed by atoms with Crippen molar-refractivity contribution in [2.75, 3.05) is 31.1 Å². The topological polar surface area (TPSA) is 41.1 Å². The van der Waals surface area contributed by atoms with Crippen LogP contribution >= 0.6 is 45.8 Å². The fourth-order valence-corrected chi connectivity index (χ4v) is 6.35. The number of nitrogens with zero attached hydrogens (tertiary/aromatic N) is 3. The molecule has 2 aromatic heterocycles. The molecule has 2 aliphatic carbocycles. The number of hydrogen-bond donors (Lipinski definition) is 1. The van der Waals surface area contributed by atoms with Crippen LogP contribution in [0.3, 0.4) is 0 Å². The number of anilines is 1. The average molecular weight is 717 g/mol. The maximum atomic E-state index is 5.95. The SMILES string of the molecule is C(#CC12CNCC1C2)c1ccccn1.Clc1ccc(I)cc1.Clc1ccc(N2CC3CC3(C#Cc3ccccn3)C2)cc1. The lowest BCUT2D eigenvalue weighted by molar-refractivity contribution is 0.666. The number of fused-ring (bicyclic) bond motifs is 2. The number of hydrogen-bond acceptors (Lipinski definition) is 4. The van der Waals surface area contributed by atoms with Gasteiger partial charge >= 0.3 is 0 Å². The molecule has 4 heterocycles. The molecule has 4 fully saturated rings. The minimum atomic E-state index is 0.178. The van der Waals surface area contributed by atoms with E-state index in [-0.39, 0.29) is 5.41 Å². The van der Waals surface area contributed by atoms with Crippen LogP contribution in [0, 0.1) is 49.9 Å². The minimum absolute atomic E-state index is 0.178. The fraction of sp³-hybridized carbons (Fsp3) is 0.278. The molecule has 2 aliphatic heterocycles. The second kappa shape index (κ2) is 13.3. The molecule has 216 valence electrons. The predicted molar refractivity (Wildman–Crippen MR) is 184 cm³/mol. The summed E-state index contributed by atoms with van der Waals surface area (Å²) < 4.78 is 1.21. The average Bonchev–Trinajstić information content (AvgIpc) is 3.82. The van der Waals surface area contributed by atoms with Crippen LogP contribution in [0.1, 0.15) is 24.2 Å². The first kappa shape index (κ1) is 30.0. The maximum Gasteiger partial charge on any atom is 0.113 e. The maximum absolute atomic E-state index is 5.95. The summed E-state index contributed by atoms with van der Waals surface area (Å²) in [6.45, 7) is 4.33. The van der Waals surface area contributed by atoms with Gasteiger partial charge in [0.25, 0.3) is 0 Å². The molecule has 0 radical (unpaired) electrons. The predicted octanol–water partition coefficient (Wildman–Crippen LogP) is 7.60. The number of benzene rings is 2. The number of pyridine rings is 2. The van der Waals surface area contributed by atoms with Gasteiger partial charge in [-0.2, -0.15) is 0 Å². The van der Waals surface area contributed by atoms with Gasteiger partial charge in [0.05, 0.1) is 5.41 Å². The van der Waals surface area contributed by atoms with Gasteiger partial charge in [0.15, 0.2) is 0 Å². The summed E-state index contributed by atoms with van der Waals surface area (Å²) in [6, 6.07) is 27.5. The van der Waals surface area contributed by atoms with Crippen LogP contribution in [0.5, 0.6) is 0 Å². The highest BCUT2D eigenvalue weighted by atomic mass is 127. The van der Waals surface area contributed by atoms with Crippen LogP contribution in [0.2, 0.25) is 10.0 Å². The summed E-state index contributed by atoms with van der Waals surface area (Å²) >= 11 is 13.8. The van der Waals surface area contributed by atoms with E-state index in [0.717, 1.165) is 53.5 Å². The number of rotatable bonds is 1. The molecule has 4 nitrogen and oxygen atoms in total. The first-order valence-electron chi connectivity index (χ1n) is 14.4. The van der Waals surface area contributed by atoms with Crippen LogP contribution in [0.15, 0.2) is 97.3 Å². The molecule has 2 saturated heterocycles. The molecule has 2 saturated carbocycles. The van der Waals surface area contributed by atoms with Crippen LogP contribution in [0.25, 0.3) is 0 Å². The highest BCUT2D eigenvalue weighted by Gasteiger charge is 2.59. The van der Waals surface area contributed by atoms with Gasteiger partial charge in [0, 0.05) is 56.7 Å². The van der Waals surface area contributed by atoms with E-state index < -0.39 is 0 Å². The Morgan fingerprint density at radius 2 is 1.33 bits per heavy atom. The Balaban J connectivity index is 0.000000128. The van der Waals surface area contributed by atoms with E-state index in [2.05, 4.69) is 78.6 Å². The normalized spacial score (nSPS) is 25.1. The molecule has 0 bridgehead atoms. The van der Waals surface area contributed by atoms with Crippen LogP contribution in [-0.4, -0.2) is 36.1 Å². The van der Waals surface area contributed by atoms with Crippen molar-refractivity contribution in [1.29, 1.82) is 0 Å². The quantitative estimate of drug-likeness (QED) is 0.163. The number of nitrogens with one attached hydrogen (secondary N) is 1. The van der Waals surface area contributed by atoms with E-state index >= 15 is 0 Å². The van der Waals surface area contributed by atoms with Gasteiger partial charge in [0.1, 0.15) is 11.4 Å². The minimum Gasteiger partial charge on any atom is -0.370 e. The molecule has 4 aliphatic rings. The molecule has 43 heavy (non-hydrogen) atoms. The van der Waals surface area contributed by atoms with Crippen LogP contribution in [0.4, 0.5) is 5.69 Å². The largest absolute Gasteiger partial charge is 0.370 e. The van der Waals surface area contributed by atoms with Gasteiger partial charge in [0.2, 0.25) is 0 Å². The Labute approximate surface area is 277 Å². The van der Waals surface area contributed by atoms with E-state index in [1.165, 1.54) is 22.1 Å². The molecule has 7 heteroatoms. The highest BCUT2D eigenvalue weighted by Crippen LogP contribution is 2.58.